The molecule has 9 rings (SSSR count). The minimum atomic E-state index is -0.634. The second-order valence-electron chi connectivity index (χ2n) is 14.1. The third kappa shape index (κ3) is 7.70. The van der Waals surface area contributed by atoms with Gasteiger partial charge in [-0.05, 0) is 46.0 Å². The highest BCUT2D eigenvalue weighted by atomic mass is 32.2. The second-order valence-corrected chi connectivity index (χ2v) is 15.1. The van der Waals surface area contributed by atoms with Crippen molar-refractivity contribution in [2.45, 2.75) is 43.3 Å². The average Bonchev–Trinajstić information content (AvgIpc) is 3.81. The number of hydrogen-bond donors (Lipinski definition) is 1. The molecule has 6 aromatic carbocycles. The molecule has 1 N–H and O–H groups in total. The molecule has 0 radical (unpaired) electrons. The van der Waals surface area contributed by atoms with Gasteiger partial charge in [-0.1, -0.05) is 151 Å². The quantitative estimate of drug-likeness (QED) is 0.102. The molecule has 3 atom stereocenters. The Balaban J connectivity index is 0.939. The van der Waals surface area contributed by atoms with Gasteiger partial charge in [-0.25, -0.2) is 4.98 Å². The Hall–Kier alpha value is -6.10. The van der Waals surface area contributed by atoms with Crippen molar-refractivity contribution in [3.8, 4) is 33.7 Å². The third-order valence-corrected chi connectivity index (χ3v) is 11.3. The van der Waals surface area contributed by atoms with E-state index >= 15 is 0 Å². The SMILES string of the molecule is O=C1c2ccccc2C(=O)N1Cc1cccc(-c2ccc([C@@H]3O[C@H](CSc4nc(-c5ccccc5)c(-c5ccccc5)o4)C[C@H](c4ccc(CO)cc4)O3)cc2)c1. The fourth-order valence-electron chi connectivity index (χ4n) is 7.37. The highest BCUT2D eigenvalue weighted by Crippen LogP contribution is 2.41. The number of hydrogen-bond acceptors (Lipinski definition) is 8. The average molecular weight is 771 g/mol. The summed E-state index contributed by atoms with van der Waals surface area (Å²) in [4.78, 5) is 32.3. The molecule has 282 valence electrons. The molecular weight excluding hydrogens is 733 g/mol. The number of aliphatic hydroxyl groups is 1. The molecular formula is C48H38N2O6S. The smallest absolute Gasteiger partial charge is 0.261 e. The number of imide groups is 1. The first kappa shape index (κ1) is 36.5. The molecule has 0 unspecified atom stereocenters. The van der Waals surface area contributed by atoms with E-state index in [-0.39, 0.29) is 37.2 Å². The summed E-state index contributed by atoms with van der Waals surface area (Å²) in [7, 11) is 0. The number of thioether (sulfide) groups is 1. The Bertz CT molecular complexity index is 2430. The highest BCUT2D eigenvalue weighted by molar-refractivity contribution is 7.99. The lowest BCUT2D eigenvalue weighted by Crippen LogP contribution is -2.31. The van der Waals surface area contributed by atoms with Gasteiger partial charge in [0.05, 0.1) is 36.5 Å². The number of fused-ring (bicyclic) bond motifs is 1. The van der Waals surface area contributed by atoms with E-state index in [0.717, 1.165) is 56.0 Å². The number of amides is 2. The maximum absolute atomic E-state index is 13.0. The fraction of sp³-hybridized carbons (Fsp3) is 0.146. The Morgan fingerprint density at radius 2 is 1.26 bits per heavy atom. The van der Waals surface area contributed by atoms with Crippen LogP contribution in [0.4, 0.5) is 0 Å². The zero-order valence-electron chi connectivity index (χ0n) is 30.9. The van der Waals surface area contributed by atoms with Crippen molar-refractivity contribution in [1.29, 1.82) is 0 Å². The van der Waals surface area contributed by atoms with Crippen LogP contribution < -0.4 is 0 Å². The molecule has 0 spiro atoms. The van der Waals surface area contributed by atoms with Crippen molar-refractivity contribution in [2.75, 3.05) is 5.75 Å². The minimum Gasteiger partial charge on any atom is -0.431 e. The molecule has 57 heavy (non-hydrogen) atoms. The van der Waals surface area contributed by atoms with E-state index in [1.165, 1.54) is 16.7 Å². The predicted octanol–water partition coefficient (Wildman–Crippen LogP) is 10.3. The van der Waals surface area contributed by atoms with Crippen molar-refractivity contribution in [3.63, 3.8) is 0 Å². The fourth-order valence-corrected chi connectivity index (χ4v) is 8.21. The maximum atomic E-state index is 13.0. The van der Waals surface area contributed by atoms with Crippen LogP contribution in [-0.2, 0) is 22.6 Å². The van der Waals surface area contributed by atoms with Gasteiger partial charge in [0.2, 0.25) is 0 Å². The van der Waals surface area contributed by atoms with Crippen LogP contribution in [0.3, 0.4) is 0 Å². The molecule has 7 aromatic rings. The number of aliphatic hydroxyl groups excluding tert-OH is 1. The summed E-state index contributed by atoms with van der Waals surface area (Å²) in [6, 6.07) is 50.9. The van der Waals surface area contributed by atoms with Crippen molar-refractivity contribution in [1.82, 2.24) is 9.88 Å². The van der Waals surface area contributed by atoms with E-state index in [4.69, 9.17) is 18.9 Å². The lowest BCUT2D eigenvalue weighted by atomic mass is 9.99. The van der Waals surface area contributed by atoms with E-state index in [0.29, 0.717) is 28.5 Å². The molecule has 1 fully saturated rings. The van der Waals surface area contributed by atoms with Crippen LogP contribution in [0.25, 0.3) is 33.7 Å². The van der Waals surface area contributed by atoms with Crippen LogP contribution in [-0.4, -0.2) is 38.7 Å². The summed E-state index contributed by atoms with van der Waals surface area (Å²) in [6.07, 6.45) is -0.449. The Labute approximate surface area is 334 Å². The first-order valence-electron chi connectivity index (χ1n) is 18.9. The van der Waals surface area contributed by atoms with Crippen molar-refractivity contribution < 1.29 is 28.6 Å². The summed E-state index contributed by atoms with van der Waals surface area (Å²) >= 11 is 1.52. The van der Waals surface area contributed by atoms with E-state index < -0.39 is 6.29 Å². The molecule has 0 aliphatic carbocycles. The number of benzene rings is 6. The third-order valence-electron chi connectivity index (χ3n) is 10.4. The second kappa shape index (κ2) is 16.2. The molecule has 2 aliphatic rings. The van der Waals surface area contributed by atoms with Gasteiger partial charge in [0.1, 0.15) is 5.69 Å². The van der Waals surface area contributed by atoms with Gasteiger partial charge in [-0.2, -0.15) is 0 Å². The van der Waals surface area contributed by atoms with Crippen molar-refractivity contribution in [2.24, 2.45) is 0 Å². The van der Waals surface area contributed by atoms with Crippen molar-refractivity contribution >= 4 is 23.6 Å². The summed E-state index contributed by atoms with van der Waals surface area (Å²) in [5.74, 6) is 0.774. The molecule has 2 amide bonds. The topological polar surface area (TPSA) is 102 Å². The standard InChI is InChI=1S/C48H38N2O6S/c51-29-31-18-20-34(21-19-31)42-27-39(30-57-48-49-43(35-11-3-1-4-12-35)44(56-48)36-13-5-2-6-14-36)54-47(55-42)37-24-22-33(23-25-37)38-15-9-10-32(26-38)28-50-45(52)40-16-7-8-17-41(40)46(50)53/h1-26,39,42,47,51H,27-30H2/t39-,42+,47+/m0/s1. The van der Waals surface area contributed by atoms with Gasteiger partial charge in [-0.15, -0.1) is 0 Å². The first-order valence-corrected chi connectivity index (χ1v) is 19.9. The van der Waals surface area contributed by atoms with Gasteiger partial charge in [0.25, 0.3) is 17.0 Å². The minimum absolute atomic E-state index is 0.0269. The zero-order chi connectivity index (χ0) is 38.7. The molecule has 1 saturated heterocycles. The summed E-state index contributed by atoms with van der Waals surface area (Å²) in [6.45, 7) is 0.164. The Morgan fingerprint density at radius 1 is 0.632 bits per heavy atom. The summed E-state index contributed by atoms with van der Waals surface area (Å²) < 4.78 is 19.7. The van der Waals surface area contributed by atoms with Crippen LogP contribution in [0.2, 0.25) is 0 Å². The molecule has 1 aromatic heterocycles. The van der Waals surface area contributed by atoms with Crippen LogP contribution in [0, 0.1) is 0 Å². The molecule has 8 nitrogen and oxygen atoms in total. The van der Waals surface area contributed by atoms with Crippen LogP contribution in [0.1, 0.15) is 61.8 Å². The maximum Gasteiger partial charge on any atom is 0.261 e. The van der Waals surface area contributed by atoms with Crippen LogP contribution in [0.5, 0.6) is 0 Å². The lowest BCUT2D eigenvalue weighted by molar-refractivity contribution is -0.245. The molecule has 0 saturated carbocycles. The number of oxazole rings is 1. The number of aromatic nitrogens is 1. The highest BCUT2D eigenvalue weighted by Gasteiger charge is 2.35. The van der Waals surface area contributed by atoms with Gasteiger partial charge in [-0.3, -0.25) is 14.5 Å². The normalized spacial score (nSPS) is 17.8. The van der Waals surface area contributed by atoms with Gasteiger partial charge >= 0.3 is 0 Å². The molecule has 0 bridgehead atoms. The summed E-state index contributed by atoms with van der Waals surface area (Å²) in [5.41, 5.74) is 9.16. The number of ether oxygens (including phenoxy) is 2. The predicted molar refractivity (Wildman–Crippen MR) is 219 cm³/mol. The molecule has 9 heteroatoms. The number of nitrogens with zero attached hydrogens (tertiary/aromatic N) is 2. The Kier molecular flexibility index (Phi) is 10.4. The number of carbonyl (C=O) groups is 2. The Morgan fingerprint density at radius 3 is 1.95 bits per heavy atom. The monoisotopic (exact) mass is 770 g/mol. The number of carbonyl (C=O) groups excluding carboxylic acids is 2. The lowest BCUT2D eigenvalue weighted by Gasteiger charge is -2.36. The van der Waals surface area contributed by atoms with Gasteiger partial charge < -0.3 is 19.0 Å². The largest absolute Gasteiger partial charge is 0.431 e. The van der Waals surface area contributed by atoms with Gasteiger partial charge in [0, 0.05) is 28.9 Å². The van der Waals surface area contributed by atoms with E-state index in [2.05, 4.69) is 0 Å². The zero-order valence-corrected chi connectivity index (χ0v) is 31.7. The van der Waals surface area contributed by atoms with Crippen molar-refractivity contribution in [3.05, 3.63) is 191 Å². The van der Waals surface area contributed by atoms with Crippen LogP contribution in [0.15, 0.2) is 167 Å². The first-order chi connectivity index (χ1) is 28.0. The molecule has 3 heterocycles. The number of rotatable bonds is 11. The van der Waals surface area contributed by atoms with Crippen LogP contribution >= 0.6 is 11.8 Å². The van der Waals surface area contributed by atoms with E-state index in [9.17, 15) is 14.7 Å². The van der Waals surface area contributed by atoms with Gasteiger partial charge in [0.15, 0.2) is 12.1 Å². The summed E-state index contributed by atoms with van der Waals surface area (Å²) in [5, 5.41) is 10.2. The van der Waals surface area contributed by atoms with E-state index in [1.54, 1.807) is 24.3 Å². The van der Waals surface area contributed by atoms with E-state index in [1.807, 2.05) is 133 Å². The molecule has 2 aliphatic heterocycles.